The third-order valence-corrected chi connectivity index (χ3v) is 5.27. The summed E-state index contributed by atoms with van der Waals surface area (Å²) in [4.78, 5) is 0. The fraction of sp³-hybridized carbons (Fsp3) is 0.913. The van der Waals surface area contributed by atoms with Crippen LogP contribution in [0.4, 0.5) is 0 Å². The zero-order chi connectivity index (χ0) is 18.6. The first kappa shape index (κ1) is 24.7. The van der Waals surface area contributed by atoms with E-state index in [2.05, 4.69) is 27.4 Å². The lowest BCUT2D eigenvalue weighted by Crippen LogP contribution is -2.33. The average molecular weight is 355 g/mol. The Kier molecular flexibility index (Phi) is 18.2. The van der Waals surface area contributed by atoms with E-state index >= 15 is 0 Å². The Balaban J connectivity index is 3.74. The summed E-state index contributed by atoms with van der Waals surface area (Å²) >= 11 is 0. The highest BCUT2D eigenvalue weighted by Crippen LogP contribution is 2.28. The second kappa shape index (κ2) is 18.5. The summed E-state index contributed by atoms with van der Waals surface area (Å²) in [5, 5.41) is 0. The van der Waals surface area contributed by atoms with E-state index in [-0.39, 0.29) is 5.60 Å². The van der Waals surface area contributed by atoms with Crippen LogP contribution in [0.2, 0.25) is 0 Å². The maximum absolute atomic E-state index is 6.14. The lowest BCUT2D eigenvalue weighted by molar-refractivity contribution is -0.0690. The maximum atomic E-state index is 6.14. The van der Waals surface area contributed by atoms with Crippen molar-refractivity contribution in [3.8, 4) is 0 Å². The van der Waals surface area contributed by atoms with Crippen molar-refractivity contribution in [3.63, 3.8) is 0 Å². The molecule has 0 spiro atoms. The van der Waals surface area contributed by atoms with E-state index < -0.39 is 0 Å². The molecule has 1 atom stereocenters. The Morgan fingerprint density at radius 1 is 0.760 bits per heavy atom. The second-order valence-corrected chi connectivity index (χ2v) is 7.37. The van der Waals surface area contributed by atoms with E-state index in [1.165, 1.54) is 77.0 Å². The van der Waals surface area contributed by atoms with Gasteiger partial charge < -0.3 is 9.47 Å². The fourth-order valence-electron chi connectivity index (χ4n) is 3.57. The molecular weight excluding hydrogens is 308 g/mol. The molecule has 150 valence electrons. The van der Waals surface area contributed by atoms with Crippen molar-refractivity contribution in [2.75, 3.05) is 19.8 Å². The van der Waals surface area contributed by atoms with Gasteiger partial charge in [-0.1, -0.05) is 90.6 Å². The van der Waals surface area contributed by atoms with Crippen molar-refractivity contribution in [3.05, 3.63) is 12.7 Å². The van der Waals surface area contributed by atoms with Crippen molar-refractivity contribution < 1.29 is 9.47 Å². The number of hydrogen-bond donors (Lipinski definition) is 0. The molecule has 0 aliphatic carbocycles. The normalized spacial score (nSPS) is 13.7. The van der Waals surface area contributed by atoms with Crippen LogP contribution < -0.4 is 0 Å². The summed E-state index contributed by atoms with van der Waals surface area (Å²) in [5.74, 6) is 0. The SMILES string of the molecule is C=CCOCCC(CC)(CCCCCCCCCCCCC)OCC. The Hall–Kier alpha value is -0.340. The lowest BCUT2D eigenvalue weighted by Gasteiger charge is -2.33. The minimum Gasteiger partial charge on any atom is -0.377 e. The molecule has 0 saturated heterocycles. The highest BCUT2D eigenvalue weighted by atomic mass is 16.5. The molecule has 0 N–H and O–H groups in total. The molecule has 0 aliphatic heterocycles. The molecule has 0 rings (SSSR count). The van der Waals surface area contributed by atoms with Crippen LogP contribution >= 0.6 is 0 Å². The van der Waals surface area contributed by atoms with Gasteiger partial charge in [0, 0.05) is 13.2 Å². The number of ether oxygens (including phenoxy) is 2. The largest absolute Gasteiger partial charge is 0.377 e. The number of unbranched alkanes of at least 4 members (excludes halogenated alkanes) is 10. The van der Waals surface area contributed by atoms with E-state index in [1.54, 1.807) is 0 Å². The summed E-state index contributed by atoms with van der Waals surface area (Å²) in [6.07, 6.45) is 20.4. The van der Waals surface area contributed by atoms with Gasteiger partial charge in [0.05, 0.1) is 12.2 Å². The van der Waals surface area contributed by atoms with Crippen molar-refractivity contribution in [2.24, 2.45) is 0 Å². The molecule has 0 saturated carbocycles. The lowest BCUT2D eigenvalue weighted by atomic mass is 9.89. The summed E-state index contributed by atoms with van der Waals surface area (Å²) in [5.41, 5.74) is 0.0230. The van der Waals surface area contributed by atoms with Crippen LogP contribution in [0.5, 0.6) is 0 Å². The van der Waals surface area contributed by atoms with Gasteiger partial charge in [0.15, 0.2) is 0 Å². The Morgan fingerprint density at radius 2 is 1.32 bits per heavy atom. The van der Waals surface area contributed by atoms with Gasteiger partial charge in [-0.05, 0) is 26.2 Å². The van der Waals surface area contributed by atoms with Crippen molar-refractivity contribution in [1.82, 2.24) is 0 Å². The Morgan fingerprint density at radius 3 is 1.80 bits per heavy atom. The Labute approximate surface area is 158 Å². The van der Waals surface area contributed by atoms with Gasteiger partial charge in [0.25, 0.3) is 0 Å². The van der Waals surface area contributed by atoms with E-state index in [0.717, 1.165) is 26.1 Å². The molecule has 0 fully saturated rings. The molecule has 0 aromatic heterocycles. The third kappa shape index (κ3) is 14.5. The minimum absolute atomic E-state index is 0.0230. The molecule has 0 bridgehead atoms. The minimum atomic E-state index is 0.0230. The number of hydrogen-bond acceptors (Lipinski definition) is 2. The average Bonchev–Trinajstić information content (AvgIpc) is 2.63. The summed E-state index contributed by atoms with van der Waals surface area (Å²) in [6, 6.07) is 0. The van der Waals surface area contributed by atoms with Crippen molar-refractivity contribution in [1.29, 1.82) is 0 Å². The van der Waals surface area contributed by atoms with Crippen molar-refractivity contribution >= 4 is 0 Å². The highest BCUT2D eigenvalue weighted by Gasteiger charge is 2.27. The molecule has 1 unspecified atom stereocenters. The maximum Gasteiger partial charge on any atom is 0.0701 e. The monoisotopic (exact) mass is 354 g/mol. The van der Waals surface area contributed by atoms with Crippen LogP contribution in [0.1, 0.15) is 111 Å². The van der Waals surface area contributed by atoms with Crippen LogP contribution in [-0.2, 0) is 9.47 Å². The molecule has 2 heteroatoms. The van der Waals surface area contributed by atoms with Gasteiger partial charge >= 0.3 is 0 Å². The van der Waals surface area contributed by atoms with Gasteiger partial charge in [-0.2, -0.15) is 0 Å². The standard InChI is InChI=1S/C23H46O2/c1-5-9-10-11-12-13-14-15-16-17-18-19-23(7-3,25-8-4)20-22-24-21-6-2/h6H,2,5,7-22H2,1,3-4H3. The first-order valence-corrected chi connectivity index (χ1v) is 11.1. The molecule has 0 aliphatic rings. The van der Waals surface area contributed by atoms with Gasteiger partial charge in [-0.25, -0.2) is 0 Å². The zero-order valence-electron chi connectivity index (χ0n) is 17.6. The first-order valence-electron chi connectivity index (χ1n) is 11.1. The van der Waals surface area contributed by atoms with Gasteiger partial charge in [-0.3, -0.25) is 0 Å². The molecule has 25 heavy (non-hydrogen) atoms. The number of rotatable bonds is 20. The summed E-state index contributed by atoms with van der Waals surface area (Å²) in [7, 11) is 0. The Bertz CT molecular complexity index is 277. The smallest absolute Gasteiger partial charge is 0.0701 e. The van der Waals surface area contributed by atoms with Crippen LogP contribution in [0.15, 0.2) is 12.7 Å². The zero-order valence-corrected chi connectivity index (χ0v) is 17.6. The highest BCUT2D eigenvalue weighted by molar-refractivity contribution is 4.79. The molecular formula is C23H46O2. The molecule has 0 aromatic carbocycles. The summed E-state index contributed by atoms with van der Waals surface area (Å²) < 4.78 is 11.7. The van der Waals surface area contributed by atoms with Crippen LogP contribution in [-0.4, -0.2) is 25.4 Å². The third-order valence-electron chi connectivity index (χ3n) is 5.27. The van der Waals surface area contributed by atoms with E-state index in [9.17, 15) is 0 Å². The van der Waals surface area contributed by atoms with Crippen LogP contribution in [0.3, 0.4) is 0 Å². The predicted molar refractivity (Wildman–Crippen MR) is 111 cm³/mol. The quantitative estimate of drug-likeness (QED) is 0.167. The second-order valence-electron chi connectivity index (χ2n) is 7.37. The van der Waals surface area contributed by atoms with Crippen molar-refractivity contribution in [2.45, 2.75) is 116 Å². The van der Waals surface area contributed by atoms with Gasteiger partial charge in [0.1, 0.15) is 0 Å². The van der Waals surface area contributed by atoms with E-state index in [0.29, 0.717) is 6.61 Å². The predicted octanol–water partition coefficient (Wildman–Crippen LogP) is 7.47. The summed E-state index contributed by atoms with van der Waals surface area (Å²) in [6.45, 7) is 12.6. The molecule has 0 amide bonds. The molecule has 0 heterocycles. The van der Waals surface area contributed by atoms with Crippen LogP contribution in [0, 0.1) is 0 Å². The van der Waals surface area contributed by atoms with Gasteiger partial charge in [0.2, 0.25) is 0 Å². The molecule has 2 nitrogen and oxygen atoms in total. The first-order chi connectivity index (χ1) is 12.2. The topological polar surface area (TPSA) is 18.5 Å². The van der Waals surface area contributed by atoms with Crippen LogP contribution in [0.25, 0.3) is 0 Å². The van der Waals surface area contributed by atoms with E-state index in [1.807, 2.05) is 6.08 Å². The molecule has 0 radical (unpaired) electrons. The van der Waals surface area contributed by atoms with Gasteiger partial charge in [-0.15, -0.1) is 6.58 Å². The van der Waals surface area contributed by atoms with E-state index in [4.69, 9.17) is 9.47 Å². The molecule has 0 aromatic rings. The fourth-order valence-corrected chi connectivity index (χ4v) is 3.57.